The summed E-state index contributed by atoms with van der Waals surface area (Å²) in [5.74, 6) is 1.30. The Hall–Kier alpha value is -1.11. The number of carbonyl (C=O) groups excluding carboxylic acids is 1. The fraction of sp³-hybridized carbons (Fsp3) is 0.778. The molecule has 3 N–H and O–H groups in total. The lowest BCUT2D eigenvalue weighted by molar-refractivity contribution is 0.0858. The summed E-state index contributed by atoms with van der Waals surface area (Å²) in [6.45, 7) is 11.5. The van der Waals surface area contributed by atoms with Crippen molar-refractivity contribution in [2.24, 2.45) is 11.8 Å². The number of aromatic nitrogens is 2. The molecule has 0 bridgehead atoms. The van der Waals surface area contributed by atoms with Gasteiger partial charge in [0.25, 0.3) is 5.91 Å². The van der Waals surface area contributed by atoms with Crippen molar-refractivity contribution < 1.29 is 4.79 Å². The van der Waals surface area contributed by atoms with E-state index in [1.54, 1.807) is 0 Å². The van der Waals surface area contributed by atoms with Crippen LogP contribution in [0.4, 0.5) is 0 Å². The third-order valence-corrected chi connectivity index (χ3v) is 5.55. The van der Waals surface area contributed by atoms with E-state index in [-0.39, 0.29) is 18.3 Å². The first kappa shape index (κ1) is 20.2. The average Bonchev–Trinajstić information content (AvgIpc) is 3.00. The monoisotopic (exact) mass is 369 g/mol. The van der Waals surface area contributed by atoms with Gasteiger partial charge in [-0.25, -0.2) is 0 Å². The van der Waals surface area contributed by atoms with Gasteiger partial charge in [-0.3, -0.25) is 14.8 Å². The van der Waals surface area contributed by atoms with E-state index in [2.05, 4.69) is 46.5 Å². The summed E-state index contributed by atoms with van der Waals surface area (Å²) in [6, 6.07) is 0.398. The number of fused-ring (bicyclic) bond motifs is 1. The van der Waals surface area contributed by atoms with Crippen molar-refractivity contribution in [2.75, 3.05) is 26.2 Å². The maximum atomic E-state index is 12.6. The quantitative estimate of drug-likeness (QED) is 0.741. The van der Waals surface area contributed by atoms with Gasteiger partial charge in [-0.05, 0) is 37.8 Å². The summed E-state index contributed by atoms with van der Waals surface area (Å²) in [5.41, 5.74) is 2.70. The minimum absolute atomic E-state index is 0. The van der Waals surface area contributed by atoms with Crippen LogP contribution in [0.15, 0.2) is 0 Å². The molecule has 0 spiro atoms. The van der Waals surface area contributed by atoms with Crippen molar-refractivity contribution >= 4 is 18.3 Å². The van der Waals surface area contributed by atoms with E-state index in [4.69, 9.17) is 0 Å². The second-order valence-electron chi connectivity index (χ2n) is 7.70. The number of rotatable bonds is 5. The Morgan fingerprint density at radius 1 is 1.36 bits per heavy atom. The van der Waals surface area contributed by atoms with Gasteiger partial charge < -0.3 is 10.6 Å². The van der Waals surface area contributed by atoms with Crippen molar-refractivity contribution in [1.82, 2.24) is 25.7 Å². The summed E-state index contributed by atoms with van der Waals surface area (Å²) in [7, 11) is 0. The first-order chi connectivity index (χ1) is 11.6. The Balaban J connectivity index is 0.00000225. The van der Waals surface area contributed by atoms with Crippen molar-refractivity contribution in [3.8, 4) is 0 Å². The largest absolute Gasteiger partial charge is 0.349 e. The van der Waals surface area contributed by atoms with Crippen LogP contribution < -0.4 is 10.6 Å². The molecule has 1 saturated heterocycles. The maximum Gasteiger partial charge on any atom is 0.272 e. The number of carbonyl (C=O) groups is 1. The fourth-order valence-electron chi connectivity index (χ4n) is 3.84. The SMILES string of the molecule is CC1CCN(C(CNC(=O)c2n[nH]c3c2CNCC3)C(C)C)CC1.Cl. The Bertz CT molecular complexity index is 566. The molecule has 6 nitrogen and oxygen atoms in total. The number of hydrogen-bond donors (Lipinski definition) is 3. The van der Waals surface area contributed by atoms with Gasteiger partial charge in [0.15, 0.2) is 5.69 Å². The molecule has 3 heterocycles. The molecule has 142 valence electrons. The fourth-order valence-corrected chi connectivity index (χ4v) is 3.84. The maximum absolute atomic E-state index is 12.6. The Morgan fingerprint density at radius 3 is 2.76 bits per heavy atom. The van der Waals surface area contributed by atoms with E-state index in [0.717, 1.165) is 49.8 Å². The van der Waals surface area contributed by atoms with Crippen molar-refractivity contribution in [3.05, 3.63) is 17.0 Å². The first-order valence-corrected chi connectivity index (χ1v) is 9.35. The van der Waals surface area contributed by atoms with E-state index in [1.165, 1.54) is 12.8 Å². The smallest absolute Gasteiger partial charge is 0.272 e. The standard InChI is InChI=1S/C18H31N5O.ClH/c1-12(2)16(23-8-5-13(3)6-9-23)11-20-18(24)17-14-10-19-7-4-15(14)21-22-17;/h12-13,16,19H,4-11H2,1-3H3,(H,20,24)(H,21,22);1H. The Kier molecular flexibility index (Phi) is 7.28. The highest BCUT2D eigenvalue weighted by molar-refractivity contribution is 5.94. The number of hydrogen-bond acceptors (Lipinski definition) is 4. The van der Waals surface area contributed by atoms with Crippen LogP contribution >= 0.6 is 12.4 Å². The average molecular weight is 370 g/mol. The predicted octanol–water partition coefficient (Wildman–Crippen LogP) is 1.96. The number of amides is 1. The van der Waals surface area contributed by atoms with Gasteiger partial charge in [-0.15, -0.1) is 12.4 Å². The van der Waals surface area contributed by atoms with Crippen LogP contribution in [0.3, 0.4) is 0 Å². The zero-order valence-corrected chi connectivity index (χ0v) is 16.4. The predicted molar refractivity (Wildman–Crippen MR) is 102 cm³/mol. The van der Waals surface area contributed by atoms with E-state index in [0.29, 0.717) is 24.2 Å². The molecule has 25 heavy (non-hydrogen) atoms. The minimum atomic E-state index is -0.0489. The van der Waals surface area contributed by atoms with Crippen LogP contribution in [0.5, 0.6) is 0 Å². The molecule has 7 heteroatoms. The van der Waals surface area contributed by atoms with Crippen LogP contribution in [0.1, 0.15) is 55.4 Å². The number of likely N-dealkylation sites (tertiary alicyclic amines) is 1. The summed E-state index contributed by atoms with van der Waals surface area (Å²) in [6.07, 6.45) is 3.43. The molecule has 1 fully saturated rings. The minimum Gasteiger partial charge on any atom is -0.349 e. The van der Waals surface area contributed by atoms with Gasteiger partial charge in [0.1, 0.15) is 0 Å². The molecule has 1 amide bonds. The molecule has 1 aromatic rings. The number of nitrogens with one attached hydrogen (secondary N) is 3. The lowest BCUT2D eigenvalue weighted by atomic mass is 9.94. The topological polar surface area (TPSA) is 73.0 Å². The van der Waals surface area contributed by atoms with Crippen molar-refractivity contribution in [1.29, 1.82) is 0 Å². The third-order valence-electron chi connectivity index (χ3n) is 5.55. The van der Waals surface area contributed by atoms with Gasteiger partial charge in [0, 0.05) is 43.4 Å². The second kappa shape index (κ2) is 9.01. The number of piperidine rings is 1. The lowest BCUT2D eigenvalue weighted by Crippen LogP contribution is -2.49. The van der Waals surface area contributed by atoms with E-state index in [1.807, 2.05) is 0 Å². The van der Waals surface area contributed by atoms with Gasteiger partial charge in [0.05, 0.1) is 0 Å². The number of halogens is 1. The van der Waals surface area contributed by atoms with Crippen molar-refractivity contribution in [3.63, 3.8) is 0 Å². The molecule has 2 aliphatic rings. The van der Waals surface area contributed by atoms with E-state index in [9.17, 15) is 4.79 Å². The highest BCUT2D eigenvalue weighted by atomic mass is 35.5. The highest BCUT2D eigenvalue weighted by Gasteiger charge is 2.27. The van der Waals surface area contributed by atoms with Crippen molar-refractivity contribution in [2.45, 2.75) is 52.6 Å². The zero-order chi connectivity index (χ0) is 17.1. The molecule has 0 saturated carbocycles. The second-order valence-corrected chi connectivity index (χ2v) is 7.70. The Morgan fingerprint density at radius 2 is 2.08 bits per heavy atom. The summed E-state index contributed by atoms with van der Waals surface area (Å²) in [5, 5.41) is 13.7. The number of H-pyrrole nitrogens is 1. The normalized spacial score (nSPS) is 20.0. The number of nitrogens with zero attached hydrogens (tertiary/aromatic N) is 2. The number of aromatic amines is 1. The molecular weight excluding hydrogens is 338 g/mol. The first-order valence-electron chi connectivity index (χ1n) is 9.35. The summed E-state index contributed by atoms with van der Waals surface area (Å²) >= 11 is 0. The van der Waals surface area contributed by atoms with Gasteiger partial charge >= 0.3 is 0 Å². The lowest BCUT2D eigenvalue weighted by Gasteiger charge is -2.38. The van der Waals surface area contributed by atoms with Gasteiger partial charge in [-0.2, -0.15) is 5.10 Å². The van der Waals surface area contributed by atoms with Gasteiger partial charge in [0.2, 0.25) is 0 Å². The molecule has 1 aromatic heterocycles. The van der Waals surface area contributed by atoms with E-state index < -0.39 is 0 Å². The van der Waals surface area contributed by atoms with Gasteiger partial charge in [-0.1, -0.05) is 20.8 Å². The third kappa shape index (κ3) is 4.74. The molecule has 0 radical (unpaired) electrons. The zero-order valence-electron chi connectivity index (χ0n) is 15.6. The highest BCUT2D eigenvalue weighted by Crippen LogP contribution is 2.21. The van der Waals surface area contributed by atoms with Crippen LogP contribution in [-0.4, -0.2) is 53.2 Å². The molecule has 3 rings (SSSR count). The molecule has 2 aliphatic heterocycles. The molecule has 1 atom stereocenters. The van der Waals surface area contributed by atoms with Crippen LogP contribution in [-0.2, 0) is 13.0 Å². The van der Waals surface area contributed by atoms with E-state index >= 15 is 0 Å². The molecule has 1 unspecified atom stereocenters. The Labute approximate surface area is 156 Å². The molecule has 0 aromatic carbocycles. The van der Waals surface area contributed by atoms with Crippen LogP contribution in [0.25, 0.3) is 0 Å². The summed E-state index contributed by atoms with van der Waals surface area (Å²) in [4.78, 5) is 15.1. The molecular formula is C18H32ClN5O. The van der Waals surface area contributed by atoms with Crippen LogP contribution in [0, 0.1) is 11.8 Å². The summed E-state index contributed by atoms with van der Waals surface area (Å²) < 4.78 is 0. The van der Waals surface area contributed by atoms with Crippen LogP contribution in [0.2, 0.25) is 0 Å². The molecule has 0 aliphatic carbocycles.